The van der Waals surface area contributed by atoms with Crippen LogP contribution < -0.4 is 4.74 Å². The number of rotatable bonds is 6. The van der Waals surface area contributed by atoms with Crippen LogP contribution in [0.2, 0.25) is 0 Å². The summed E-state index contributed by atoms with van der Waals surface area (Å²) >= 11 is 1.10. The predicted octanol–water partition coefficient (Wildman–Crippen LogP) is 1.57. The van der Waals surface area contributed by atoms with Gasteiger partial charge in [0.15, 0.2) is 5.12 Å². The molecule has 124 valence electrons. The van der Waals surface area contributed by atoms with Gasteiger partial charge < -0.3 is 14.7 Å². The zero-order valence-electron chi connectivity index (χ0n) is 13.0. The van der Waals surface area contributed by atoms with Crippen molar-refractivity contribution in [2.45, 2.75) is 31.1 Å². The van der Waals surface area contributed by atoms with Crippen LogP contribution in [0, 0.1) is 0 Å². The number of benzene rings is 1. The number of thioether (sulfide) groups is 1. The van der Waals surface area contributed by atoms with Gasteiger partial charge in [0, 0.05) is 31.6 Å². The number of nitrogens with zero attached hydrogens (tertiary/aromatic N) is 1. The molecule has 1 aliphatic heterocycles. The Hall–Kier alpha value is -2.02. The molecule has 1 N–H and O–H groups in total. The third-order valence-electron chi connectivity index (χ3n) is 3.70. The van der Waals surface area contributed by atoms with Crippen LogP contribution >= 0.6 is 11.8 Å². The first-order valence-electron chi connectivity index (χ1n) is 7.23. The summed E-state index contributed by atoms with van der Waals surface area (Å²) in [5.41, 5.74) is 0.814. The molecule has 0 bridgehead atoms. The van der Waals surface area contributed by atoms with E-state index in [2.05, 4.69) is 0 Å². The van der Waals surface area contributed by atoms with Crippen LogP contribution in [0.4, 0.5) is 0 Å². The summed E-state index contributed by atoms with van der Waals surface area (Å²) in [7, 11) is 1.56. The minimum Gasteiger partial charge on any atom is -0.497 e. The maximum absolute atomic E-state index is 12.1. The molecule has 2 rings (SSSR count). The van der Waals surface area contributed by atoms with Crippen LogP contribution in [0.5, 0.6) is 5.75 Å². The van der Waals surface area contributed by atoms with Gasteiger partial charge in [0.05, 0.1) is 7.11 Å². The molecule has 1 aromatic carbocycles. The fraction of sp³-hybridized carbons (Fsp3) is 0.438. The maximum atomic E-state index is 12.1. The molecule has 1 saturated heterocycles. The van der Waals surface area contributed by atoms with Crippen molar-refractivity contribution in [3.63, 3.8) is 0 Å². The molecule has 0 spiro atoms. The second kappa shape index (κ2) is 7.50. The Morgan fingerprint density at radius 2 is 2.04 bits per heavy atom. The molecule has 1 fully saturated rings. The van der Waals surface area contributed by atoms with Crippen molar-refractivity contribution < 1.29 is 24.2 Å². The van der Waals surface area contributed by atoms with Crippen LogP contribution in [-0.2, 0) is 20.8 Å². The number of aliphatic carboxylic acids is 1. The van der Waals surface area contributed by atoms with Gasteiger partial charge in [-0.2, -0.15) is 0 Å². The second-order valence-corrected chi connectivity index (χ2v) is 6.87. The van der Waals surface area contributed by atoms with E-state index >= 15 is 0 Å². The minimum atomic E-state index is -1.04. The smallest absolute Gasteiger partial charge is 0.326 e. The average molecular weight is 337 g/mol. The van der Waals surface area contributed by atoms with Gasteiger partial charge in [-0.05, 0) is 17.7 Å². The van der Waals surface area contributed by atoms with E-state index in [1.165, 1.54) is 11.8 Å². The second-order valence-electron chi connectivity index (χ2n) is 5.39. The van der Waals surface area contributed by atoms with Gasteiger partial charge in [-0.3, -0.25) is 9.59 Å². The molecule has 1 heterocycles. The third kappa shape index (κ3) is 4.48. The topological polar surface area (TPSA) is 83.9 Å². The van der Waals surface area contributed by atoms with Crippen molar-refractivity contribution in [1.29, 1.82) is 0 Å². The summed E-state index contributed by atoms with van der Waals surface area (Å²) in [5, 5.41) is 9.26. The van der Waals surface area contributed by atoms with Gasteiger partial charge in [-0.1, -0.05) is 23.9 Å². The number of hydrogen-bond donors (Lipinski definition) is 1. The average Bonchev–Trinajstić information content (AvgIpc) is 2.84. The van der Waals surface area contributed by atoms with Crippen LogP contribution in [0.1, 0.15) is 18.9 Å². The lowest BCUT2D eigenvalue weighted by atomic mass is 10.0. The van der Waals surface area contributed by atoms with Gasteiger partial charge in [-0.25, -0.2) is 4.79 Å². The van der Waals surface area contributed by atoms with Gasteiger partial charge in [0.2, 0.25) is 5.91 Å². The lowest BCUT2D eigenvalue weighted by molar-refractivity contribution is -0.148. The van der Waals surface area contributed by atoms with E-state index in [9.17, 15) is 19.5 Å². The highest BCUT2D eigenvalue weighted by atomic mass is 32.2. The highest BCUT2D eigenvalue weighted by Crippen LogP contribution is 2.27. The molecule has 0 radical (unpaired) electrons. The van der Waals surface area contributed by atoms with Crippen molar-refractivity contribution in [3.8, 4) is 5.75 Å². The zero-order valence-corrected chi connectivity index (χ0v) is 13.8. The number of carbonyl (C=O) groups excluding carboxylic acids is 2. The Bertz CT molecular complexity index is 601. The van der Waals surface area contributed by atoms with Crippen LogP contribution in [0.3, 0.4) is 0 Å². The zero-order chi connectivity index (χ0) is 17.0. The van der Waals surface area contributed by atoms with Crippen molar-refractivity contribution >= 4 is 28.8 Å². The standard InChI is InChI=1S/C16H19NO5S/c1-10(18)23-13-8-15(19)17(9-13)14(16(20)21)7-11-3-5-12(22-2)6-4-11/h3-6,13-14H,7-9H2,1-2H3,(H,20,21)/t13?,14-/m0/s1. The summed E-state index contributed by atoms with van der Waals surface area (Å²) < 4.78 is 5.07. The Balaban J connectivity index is 2.10. The summed E-state index contributed by atoms with van der Waals surface area (Å²) in [6, 6.07) is 6.17. The van der Waals surface area contributed by atoms with Crippen molar-refractivity contribution in [2.75, 3.05) is 13.7 Å². The van der Waals surface area contributed by atoms with Crippen LogP contribution in [0.15, 0.2) is 24.3 Å². The number of methoxy groups -OCH3 is 1. The van der Waals surface area contributed by atoms with Crippen molar-refractivity contribution in [1.82, 2.24) is 4.90 Å². The van der Waals surface area contributed by atoms with Crippen molar-refractivity contribution in [3.05, 3.63) is 29.8 Å². The monoisotopic (exact) mass is 337 g/mol. The fourth-order valence-electron chi connectivity index (χ4n) is 2.63. The summed E-state index contributed by atoms with van der Waals surface area (Å²) in [5.74, 6) is -0.567. The molecule has 23 heavy (non-hydrogen) atoms. The Morgan fingerprint density at radius 1 is 1.39 bits per heavy atom. The molecule has 1 amide bonds. The number of ether oxygens (including phenoxy) is 1. The van der Waals surface area contributed by atoms with Crippen LogP contribution in [-0.4, -0.2) is 51.9 Å². The molecule has 1 aromatic rings. The lowest BCUT2D eigenvalue weighted by Gasteiger charge is -2.24. The normalized spacial score (nSPS) is 18.8. The minimum absolute atomic E-state index is 0.0633. The van der Waals surface area contributed by atoms with E-state index in [0.717, 1.165) is 17.3 Å². The molecular formula is C16H19NO5S. The van der Waals surface area contributed by atoms with Gasteiger partial charge in [0.25, 0.3) is 0 Å². The summed E-state index contributed by atoms with van der Waals surface area (Å²) in [6.45, 7) is 1.74. The quantitative estimate of drug-likeness (QED) is 0.848. The van der Waals surface area contributed by atoms with Gasteiger partial charge >= 0.3 is 5.97 Å². The molecule has 2 atom stereocenters. The highest BCUT2D eigenvalue weighted by Gasteiger charge is 2.38. The number of carbonyl (C=O) groups is 3. The first kappa shape index (κ1) is 17.3. The Morgan fingerprint density at radius 3 is 2.57 bits per heavy atom. The molecule has 0 aromatic heterocycles. The largest absolute Gasteiger partial charge is 0.497 e. The number of carboxylic acid groups (broad SMARTS) is 1. The van der Waals surface area contributed by atoms with E-state index in [-0.39, 0.29) is 35.7 Å². The number of amides is 1. The van der Waals surface area contributed by atoms with Crippen LogP contribution in [0.25, 0.3) is 0 Å². The highest BCUT2D eigenvalue weighted by molar-refractivity contribution is 8.14. The first-order valence-corrected chi connectivity index (χ1v) is 8.11. The van der Waals surface area contributed by atoms with E-state index in [1.54, 1.807) is 31.4 Å². The number of likely N-dealkylation sites (tertiary alicyclic amines) is 1. The Labute approximate surface area is 138 Å². The molecule has 1 unspecified atom stereocenters. The SMILES string of the molecule is COc1ccc(C[C@@H](C(=O)O)N2CC(SC(C)=O)CC2=O)cc1. The fourth-order valence-corrected chi connectivity index (χ4v) is 3.56. The van der Waals surface area contributed by atoms with E-state index in [0.29, 0.717) is 5.75 Å². The summed E-state index contributed by atoms with van der Waals surface area (Å²) in [4.78, 5) is 36.3. The summed E-state index contributed by atoms with van der Waals surface area (Å²) in [6.07, 6.45) is 0.430. The first-order chi connectivity index (χ1) is 10.9. The maximum Gasteiger partial charge on any atom is 0.326 e. The molecule has 7 heteroatoms. The number of carboxylic acids is 1. The van der Waals surface area contributed by atoms with Gasteiger partial charge in [-0.15, -0.1) is 0 Å². The molecule has 6 nitrogen and oxygen atoms in total. The van der Waals surface area contributed by atoms with E-state index in [4.69, 9.17) is 4.74 Å². The number of hydrogen-bond acceptors (Lipinski definition) is 5. The Kier molecular flexibility index (Phi) is 5.65. The molecule has 0 aliphatic carbocycles. The van der Waals surface area contributed by atoms with E-state index < -0.39 is 12.0 Å². The lowest BCUT2D eigenvalue weighted by Crippen LogP contribution is -2.43. The van der Waals surface area contributed by atoms with E-state index in [1.807, 2.05) is 0 Å². The van der Waals surface area contributed by atoms with Crippen molar-refractivity contribution in [2.24, 2.45) is 0 Å². The third-order valence-corrected chi connectivity index (χ3v) is 4.69. The molecule has 1 aliphatic rings. The molecule has 0 saturated carbocycles. The van der Waals surface area contributed by atoms with Gasteiger partial charge in [0.1, 0.15) is 11.8 Å². The predicted molar refractivity (Wildman–Crippen MR) is 86.5 cm³/mol. The molecular weight excluding hydrogens is 318 g/mol.